The van der Waals surface area contributed by atoms with Gasteiger partial charge < -0.3 is 15.7 Å². The van der Waals surface area contributed by atoms with Crippen LogP contribution in [0.2, 0.25) is 0 Å². The van der Waals surface area contributed by atoms with Crippen LogP contribution in [0.15, 0.2) is 91.0 Å². The normalized spacial score (nSPS) is 34.5. The van der Waals surface area contributed by atoms with Crippen molar-refractivity contribution in [1.29, 1.82) is 0 Å². The molecule has 3 aromatic carbocycles. The Kier molecular flexibility index (Phi) is 6.15. The molecular formula is C37H41N3O3. The fourth-order valence-electron chi connectivity index (χ4n) is 10.3. The minimum atomic E-state index is -0.846. The van der Waals surface area contributed by atoms with Crippen LogP contribution in [0, 0.1) is 23.2 Å². The smallest absolute Gasteiger partial charge is 0.241 e. The topological polar surface area (TPSA) is 95.7 Å². The largest absolute Gasteiger partial charge is 0.390 e. The van der Waals surface area contributed by atoms with Crippen molar-refractivity contribution in [3.63, 3.8) is 0 Å². The monoisotopic (exact) mass is 575 g/mol. The van der Waals surface area contributed by atoms with Crippen LogP contribution < -0.4 is 11.1 Å². The standard InChI is InChI=1S/C37H41N3O3/c38-33(41)31-18-26-17-30(26)40(31)34(42)32(35-19-24-16-25(20-35)22-36(43,21-24)23-35)39-37(27-10-4-1-5-11-27,28-12-6-2-7-13-28)29-14-8-3-9-15-29/h1-15,24-26,30-32,39,43H,16-23H2,(H2,38,41). The number of hydrogen-bond donors (Lipinski definition) is 3. The molecule has 6 atom stereocenters. The number of amides is 2. The Morgan fingerprint density at radius 2 is 1.30 bits per heavy atom. The van der Waals surface area contributed by atoms with Gasteiger partial charge in [0.15, 0.2) is 0 Å². The molecule has 1 heterocycles. The van der Waals surface area contributed by atoms with Crippen molar-refractivity contribution in [3.05, 3.63) is 108 Å². The maximum atomic E-state index is 15.3. The number of carbonyl (C=O) groups excluding carboxylic acids is 2. The molecule has 2 amide bonds. The summed E-state index contributed by atoms with van der Waals surface area (Å²) in [4.78, 5) is 29.8. The molecule has 0 aromatic heterocycles. The first-order chi connectivity index (χ1) is 20.8. The van der Waals surface area contributed by atoms with Gasteiger partial charge in [0.1, 0.15) is 6.04 Å². The molecule has 43 heavy (non-hydrogen) atoms. The van der Waals surface area contributed by atoms with Gasteiger partial charge in [0.05, 0.1) is 17.2 Å². The Morgan fingerprint density at radius 3 is 1.77 bits per heavy atom. The summed E-state index contributed by atoms with van der Waals surface area (Å²) < 4.78 is 0. The van der Waals surface area contributed by atoms with E-state index in [4.69, 9.17) is 5.73 Å². The first kappa shape index (κ1) is 27.1. The van der Waals surface area contributed by atoms with Crippen molar-refractivity contribution in [3.8, 4) is 0 Å². The zero-order chi connectivity index (χ0) is 29.4. The number of rotatable bonds is 8. The van der Waals surface area contributed by atoms with Crippen molar-refractivity contribution in [2.24, 2.45) is 28.9 Å². The lowest BCUT2D eigenvalue weighted by Gasteiger charge is -2.63. The van der Waals surface area contributed by atoms with Gasteiger partial charge in [-0.1, -0.05) is 91.0 Å². The third-order valence-electron chi connectivity index (χ3n) is 11.6. The summed E-state index contributed by atoms with van der Waals surface area (Å²) in [6.07, 6.45) is 6.79. The summed E-state index contributed by atoms with van der Waals surface area (Å²) in [5.74, 6) is 0.726. The van der Waals surface area contributed by atoms with Gasteiger partial charge in [0.25, 0.3) is 0 Å². The fraction of sp³-hybridized carbons (Fsp3) is 0.459. The number of primary amides is 1. The Morgan fingerprint density at radius 1 is 0.791 bits per heavy atom. The summed E-state index contributed by atoms with van der Waals surface area (Å²) in [5.41, 5.74) is 7.08. The molecule has 1 aliphatic heterocycles. The van der Waals surface area contributed by atoms with E-state index in [1.165, 1.54) is 0 Å². The molecule has 6 fully saturated rings. The number of nitrogens with one attached hydrogen (secondary N) is 1. The predicted molar refractivity (Wildman–Crippen MR) is 165 cm³/mol. The molecular weight excluding hydrogens is 534 g/mol. The summed E-state index contributed by atoms with van der Waals surface area (Å²) in [7, 11) is 0. The van der Waals surface area contributed by atoms with E-state index in [0.717, 1.165) is 55.2 Å². The molecule has 222 valence electrons. The number of nitrogens with two attached hydrogens (primary N) is 1. The summed E-state index contributed by atoms with van der Waals surface area (Å²) in [6, 6.07) is 30.1. The maximum absolute atomic E-state index is 15.3. The van der Waals surface area contributed by atoms with Gasteiger partial charge in [-0.3, -0.25) is 14.9 Å². The molecule has 6 aliphatic rings. The highest BCUT2D eigenvalue weighted by atomic mass is 16.3. The lowest BCUT2D eigenvalue weighted by atomic mass is 9.46. The molecule has 6 unspecified atom stereocenters. The molecule has 5 saturated carbocycles. The van der Waals surface area contributed by atoms with Crippen LogP contribution in [0.4, 0.5) is 0 Å². The van der Waals surface area contributed by atoms with Crippen molar-refractivity contribution in [2.45, 2.75) is 80.6 Å². The van der Waals surface area contributed by atoms with Crippen molar-refractivity contribution >= 4 is 11.8 Å². The predicted octanol–water partition coefficient (Wildman–Crippen LogP) is 4.74. The number of piperidine rings is 1. The number of benzene rings is 3. The first-order valence-corrected chi connectivity index (χ1v) is 16.1. The lowest BCUT2D eigenvalue weighted by molar-refractivity contribution is -0.182. The molecule has 0 spiro atoms. The highest BCUT2D eigenvalue weighted by molar-refractivity contribution is 5.91. The first-order valence-electron chi connectivity index (χ1n) is 16.1. The molecule has 6 heteroatoms. The van der Waals surface area contributed by atoms with E-state index in [0.29, 0.717) is 30.6 Å². The highest BCUT2D eigenvalue weighted by Gasteiger charge is 2.65. The Bertz CT molecular complexity index is 1420. The molecule has 9 rings (SSSR count). The number of fused-ring (bicyclic) bond motifs is 1. The molecule has 3 aromatic rings. The second-order valence-corrected chi connectivity index (χ2v) is 14.4. The summed E-state index contributed by atoms with van der Waals surface area (Å²) in [6.45, 7) is 0. The van der Waals surface area contributed by atoms with Crippen LogP contribution in [-0.2, 0) is 15.1 Å². The van der Waals surface area contributed by atoms with Crippen LogP contribution in [0.3, 0.4) is 0 Å². The number of nitrogens with zero attached hydrogens (tertiary/aromatic N) is 1. The Balaban J connectivity index is 1.33. The quantitative estimate of drug-likeness (QED) is 0.338. The lowest BCUT2D eigenvalue weighted by Crippen LogP contribution is -2.69. The van der Waals surface area contributed by atoms with E-state index in [2.05, 4.69) is 78.1 Å². The van der Waals surface area contributed by atoms with Gasteiger partial charge in [-0.15, -0.1) is 0 Å². The zero-order valence-electron chi connectivity index (χ0n) is 24.6. The van der Waals surface area contributed by atoms with E-state index in [1.807, 2.05) is 23.1 Å². The van der Waals surface area contributed by atoms with Gasteiger partial charge >= 0.3 is 0 Å². The average molecular weight is 576 g/mol. The van der Waals surface area contributed by atoms with E-state index in [9.17, 15) is 9.90 Å². The molecule has 0 radical (unpaired) electrons. The number of aliphatic hydroxyl groups is 1. The Hall–Kier alpha value is -3.48. The van der Waals surface area contributed by atoms with E-state index in [-0.39, 0.29) is 11.9 Å². The van der Waals surface area contributed by atoms with Crippen LogP contribution in [0.25, 0.3) is 0 Å². The zero-order valence-corrected chi connectivity index (χ0v) is 24.6. The minimum absolute atomic E-state index is 0.0217. The molecule has 1 saturated heterocycles. The van der Waals surface area contributed by atoms with E-state index in [1.54, 1.807) is 0 Å². The van der Waals surface area contributed by atoms with Crippen molar-refractivity contribution in [1.82, 2.24) is 10.2 Å². The SMILES string of the molecule is NC(=O)C1CC2CC2N1C(=O)C(NC(c1ccccc1)(c1ccccc1)c1ccccc1)C12CC3CC(CC(O)(C3)C1)C2. The van der Waals surface area contributed by atoms with Gasteiger partial charge in [-0.25, -0.2) is 0 Å². The van der Waals surface area contributed by atoms with Crippen LogP contribution in [-0.4, -0.2) is 45.5 Å². The molecule has 4 N–H and O–H groups in total. The molecule has 6 nitrogen and oxygen atoms in total. The van der Waals surface area contributed by atoms with E-state index < -0.39 is 34.5 Å². The third-order valence-corrected chi connectivity index (χ3v) is 11.6. The second-order valence-electron chi connectivity index (χ2n) is 14.4. The second kappa shape index (κ2) is 9.76. The van der Waals surface area contributed by atoms with Gasteiger partial charge in [0.2, 0.25) is 11.8 Å². The van der Waals surface area contributed by atoms with Crippen molar-refractivity contribution in [2.75, 3.05) is 0 Å². The van der Waals surface area contributed by atoms with Crippen LogP contribution in [0.1, 0.15) is 68.1 Å². The Labute approximate surface area is 253 Å². The summed E-state index contributed by atoms with van der Waals surface area (Å²) >= 11 is 0. The minimum Gasteiger partial charge on any atom is -0.390 e. The number of carbonyl (C=O) groups is 2. The van der Waals surface area contributed by atoms with Crippen molar-refractivity contribution < 1.29 is 14.7 Å². The van der Waals surface area contributed by atoms with Gasteiger partial charge in [0, 0.05) is 6.04 Å². The number of likely N-dealkylation sites (tertiary alicyclic amines) is 1. The molecule has 4 bridgehead atoms. The summed E-state index contributed by atoms with van der Waals surface area (Å²) in [5, 5.41) is 16.0. The third kappa shape index (κ3) is 4.28. The van der Waals surface area contributed by atoms with Gasteiger partial charge in [-0.05, 0) is 91.2 Å². The van der Waals surface area contributed by atoms with E-state index >= 15 is 4.79 Å². The van der Waals surface area contributed by atoms with Gasteiger partial charge in [-0.2, -0.15) is 0 Å². The highest BCUT2D eigenvalue weighted by Crippen LogP contribution is 2.64. The van der Waals surface area contributed by atoms with Crippen LogP contribution >= 0.6 is 0 Å². The average Bonchev–Trinajstić information content (AvgIpc) is 3.66. The van der Waals surface area contributed by atoms with Crippen LogP contribution in [0.5, 0.6) is 0 Å². The molecule has 5 aliphatic carbocycles. The maximum Gasteiger partial charge on any atom is 0.241 e. The number of hydrogen-bond acceptors (Lipinski definition) is 4. The fourth-order valence-corrected chi connectivity index (χ4v) is 10.3.